The molecular formula is C20H29FN4O4S. The second-order valence-corrected chi connectivity index (χ2v) is 9.61. The fraction of sp³-hybridized carbons (Fsp3) is 0.600. The molecule has 166 valence electrons. The standard InChI is InChI=1S/C20H29FN4O4S/c21-17-8-4-5-9-18(17)30(28,29)25-14-12-24(13-15-25)19(26)10-11-22-20(27)23-16-6-2-1-3-7-16/h4-5,8-9,16H,1-3,6-7,10-15H2,(H2,22,23,27). The summed E-state index contributed by atoms with van der Waals surface area (Å²) in [6.45, 7) is 0.919. The van der Waals surface area contributed by atoms with Gasteiger partial charge in [0.25, 0.3) is 0 Å². The van der Waals surface area contributed by atoms with Crippen molar-refractivity contribution in [3.63, 3.8) is 0 Å². The molecule has 1 saturated carbocycles. The van der Waals surface area contributed by atoms with Crippen LogP contribution in [0.2, 0.25) is 0 Å². The zero-order valence-electron chi connectivity index (χ0n) is 17.0. The predicted molar refractivity (Wildman–Crippen MR) is 110 cm³/mol. The number of halogens is 1. The third-order valence-electron chi connectivity index (χ3n) is 5.61. The van der Waals surface area contributed by atoms with E-state index in [1.54, 1.807) is 4.90 Å². The predicted octanol–water partition coefficient (Wildman–Crippen LogP) is 1.68. The Balaban J connectivity index is 1.41. The fourth-order valence-corrected chi connectivity index (χ4v) is 5.38. The van der Waals surface area contributed by atoms with Crippen LogP contribution in [-0.4, -0.2) is 68.3 Å². The van der Waals surface area contributed by atoms with E-state index in [9.17, 15) is 22.4 Å². The number of urea groups is 1. The SMILES string of the molecule is O=C(NCCC(=O)N1CCN(S(=O)(=O)c2ccccc2F)CC1)NC1CCCCC1. The van der Waals surface area contributed by atoms with Gasteiger partial charge in [-0.05, 0) is 25.0 Å². The van der Waals surface area contributed by atoms with Crippen molar-refractivity contribution in [2.24, 2.45) is 0 Å². The van der Waals surface area contributed by atoms with Gasteiger partial charge in [-0.15, -0.1) is 0 Å². The number of carbonyl (C=O) groups excluding carboxylic acids is 2. The molecule has 0 atom stereocenters. The number of nitrogens with zero attached hydrogens (tertiary/aromatic N) is 2. The number of benzene rings is 1. The number of sulfonamides is 1. The Hall–Kier alpha value is -2.20. The number of hydrogen-bond donors (Lipinski definition) is 2. The van der Waals surface area contributed by atoms with E-state index in [1.807, 2.05) is 0 Å². The zero-order valence-corrected chi connectivity index (χ0v) is 17.8. The van der Waals surface area contributed by atoms with Crippen LogP contribution >= 0.6 is 0 Å². The van der Waals surface area contributed by atoms with E-state index in [0.717, 1.165) is 31.7 Å². The summed E-state index contributed by atoms with van der Waals surface area (Å²) in [7, 11) is -3.93. The van der Waals surface area contributed by atoms with Crippen molar-refractivity contribution in [1.29, 1.82) is 0 Å². The number of hydrogen-bond acceptors (Lipinski definition) is 4. The highest BCUT2D eigenvalue weighted by molar-refractivity contribution is 7.89. The maximum Gasteiger partial charge on any atom is 0.315 e. The Kier molecular flexibility index (Phi) is 7.65. The molecule has 0 bridgehead atoms. The molecule has 0 spiro atoms. The van der Waals surface area contributed by atoms with Gasteiger partial charge in [0, 0.05) is 45.2 Å². The molecule has 0 radical (unpaired) electrons. The number of piperazine rings is 1. The molecule has 2 aliphatic rings. The van der Waals surface area contributed by atoms with Crippen molar-refractivity contribution in [2.75, 3.05) is 32.7 Å². The number of amides is 3. The Morgan fingerprint density at radius 1 is 1.03 bits per heavy atom. The second-order valence-electron chi connectivity index (χ2n) is 7.70. The molecule has 3 rings (SSSR count). The third-order valence-corrected chi connectivity index (χ3v) is 7.54. The Labute approximate surface area is 176 Å². The van der Waals surface area contributed by atoms with E-state index >= 15 is 0 Å². The summed E-state index contributed by atoms with van der Waals surface area (Å²) in [5.74, 6) is -0.926. The molecule has 8 nitrogen and oxygen atoms in total. The first-order chi connectivity index (χ1) is 14.4. The van der Waals surface area contributed by atoms with E-state index < -0.39 is 15.8 Å². The fourth-order valence-electron chi connectivity index (χ4n) is 3.90. The largest absolute Gasteiger partial charge is 0.340 e. The highest BCUT2D eigenvalue weighted by Crippen LogP contribution is 2.20. The molecule has 1 aliphatic heterocycles. The van der Waals surface area contributed by atoms with Gasteiger partial charge in [0.15, 0.2) is 0 Å². The Morgan fingerprint density at radius 2 is 1.70 bits per heavy atom. The third kappa shape index (κ3) is 5.69. The van der Waals surface area contributed by atoms with Gasteiger partial charge in [-0.2, -0.15) is 4.31 Å². The van der Waals surface area contributed by atoms with Gasteiger partial charge >= 0.3 is 6.03 Å². The van der Waals surface area contributed by atoms with Crippen LogP contribution in [0.1, 0.15) is 38.5 Å². The lowest BCUT2D eigenvalue weighted by Gasteiger charge is -2.34. The van der Waals surface area contributed by atoms with Gasteiger partial charge in [-0.25, -0.2) is 17.6 Å². The van der Waals surface area contributed by atoms with Gasteiger partial charge in [0.1, 0.15) is 10.7 Å². The molecule has 30 heavy (non-hydrogen) atoms. The lowest BCUT2D eigenvalue weighted by atomic mass is 9.96. The minimum Gasteiger partial charge on any atom is -0.340 e. The summed E-state index contributed by atoms with van der Waals surface area (Å²) in [6.07, 6.45) is 5.60. The first kappa shape index (κ1) is 22.5. The maximum atomic E-state index is 13.9. The van der Waals surface area contributed by atoms with E-state index in [0.29, 0.717) is 0 Å². The smallest absolute Gasteiger partial charge is 0.315 e. The van der Waals surface area contributed by atoms with Crippen molar-refractivity contribution >= 4 is 22.0 Å². The van der Waals surface area contributed by atoms with E-state index in [2.05, 4.69) is 10.6 Å². The Bertz CT molecular complexity index is 850. The van der Waals surface area contributed by atoms with Crippen LogP contribution in [-0.2, 0) is 14.8 Å². The van der Waals surface area contributed by atoms with Gasteiger partial charge in [-0.3, -0.25) is 4.79 Å². The number of rotatable bonds is 6. The van der Waals surface area contributed by atoms with Crippen LogP contribution in [0.3, 0.4) is 0 Å². The first-order valence-electron chi connectivity index (χ1n) is 10.4. The zero-order chi connectivity index (χ0) is 21.6. The van der Waals surface area contributed by atoms with E-state index in [4.69, 9.17) is 0 Å². The summed E-state index contributed by atoms with van der Waals surface area (Å²) in [5, 5.41) is 5.65. The normalized spacial score (nSPS) is 18.8. The second kappa shape index (κ2) is 10.2. The van der Waals surface area contributed by atoms with Gasteiger partial charge in [0.2, 0.25) is 15.9 Å². The quantitative estimate of drug-likeness (QED) is 0.703. The number of carbonyl (C=O) groups is 2. The molecule has 2 fully saturated rings. The lowest BCUT2D eigenvalue weighted by Crippen LogP contribution is -2.51. The summed E-state index contributed by atoms with van der Waals surface area (Å²) >= 11 is 0. The van der Waals surface area contributed by atoms with E-state index in [1.165, 1.54) is 28.9 Å². The molecule has 2 N–H and O–H groups in total. The van der Waals surface area contributed by atoms with Crippen LogP contribution in [0.15, 0.2) is 29.2 Å². The minimum atomic E-state index is -3.93. The Morgan fingerprint density at radius 3 is 2.37 bits per heavy atom. The molecule has 0 unspecified atom stereocenters. The van der Waals surface area contributed by atoms with Crippen LogP contribution in [0.4, 0.5) is 9.18 Å². The maximum absolute atomic E-state index is 13.9. The lowest BCUT2D eigenvalue weighted by molar-refractivity contribution is -0.132. The molecule has 1 aromatic carbocycles. The summed E-state index contributed by atoms with van der Waals surface area (Å²) in [6, 6.07) is 5.23. The number of nitrogens with one attached hydrogen (secondary N) is 2. The van der Waals surface area contributed by atoms with Gasteiger partial charge in [-0.1, -0.05) is 31.4 Å². The van der Waals surface area contributed by atoms with Crippen LogP contribution < -0.4 is 10.6 Å². The summed E-state index contributed by atoms with van der Waals surface area (Å²) < 4.78 is 40.3. The molecule has 1 aromatic rings. The van der Waals surface area contributed by atoms with Crippen LogP contribution in [0.25, 0.3) is 0 Å². The monoisotopic (exact) mass is 440 g/mol. The van der Waals surface area contributed by atoms with Gasteiger partial charge < -0.3 is 15.5 Å². The van der Waals surface area contributed by atoms with Crippen molar-refractivity contribution in [1.82, 2.24) is 19.8 Å². The summed E-state index contributed by atoms with van der Waals surface area (Å²) in [4.78, 5) is 25.5. The van der Waals surface area contributed by atoms with E-state index in [-0.39, 0.29) is 62.0 Å². The van der Waals surface area contributed by atoms with Crippen molar-refractivity contribution in [3.05, 3.63) is 30.1 Å². The molecule has 10 heteroatoms. The van der Waals surface area contributed by atoms with Crippen LogP contribution in [0, 0.1) is 5.82 Å². The summed E-state index contributed by atoms with van der Waals surface area (Å²) in [5.41, 5.74) is 0. The highest BCUT2D eigenvalue weighted by Gasteiger charge is 2.31. The highest BCUT2D eigenvalue weighted by atomic mass is 32.2. The first-order valence-corrected chi connectivity index (χ1v) is 11.9. The van der Waals surface area contributed by atoms with Crippen LogP contribution in [0.5, 0.6) is 0 Å². The average molecular weight is 441 g/mol. The molecule has 1 heterocycles. The minimum absolute atomic E-state index is 0.109. The van der Waals surface area contributed by atoms with Crippen molar-refractivity contribution in [2.45, 2.75) is 49.5 Å². The van der Waals surface area contributed by atoms with Crippen molar-refractivity contribution < 1.29 is 22.4 Å². The van der Waals surface area contributed by atoms with Crippen molar-refractivity contribution in [3.8, 4) is 0 Å². The topological polar surface area (TPSA) is 98.8 Å². The molecule has 1 aliphatic carbocycles. The molecule has 0 aromatic heterocycles. The average Bonchev–Trinajstić information content (AvgIpc) is 2.74. The molecule has 1 saturated heterocycles. The molecule has 3 amide bonds. The van der Waals surface area contributed by atoms with Gasteiger partial charge in [0.05, 0.1) is 0 Å². The molecular weight excluding hydrogens is 411 g/mol.